The van der Waals surface area contributed by atoms with Crippen LogP contribution in [0.3, 0.4) is 0 Å². The average Bonchev–Trinajstić information content (AvgIpc) is 2.99. The molecule has 0 amide bonds. The zero-order valence-electron chi connectivity index (χ0n) is 19.0. The van der Waals surface area contributed by atoms with Gasteiger partial charge in [-0.3, -0.25) is 10.2 Å². The number of para-hydroxylation sites is 2. The van der Waals surface area contributed by atoms with E-state index in [2.05, 4.69) is 35.4 Å². The molecular formula is C25H37BrN4O. The van der Waals surface area contributed by atoms with Crippen LogP contribution < -0.4 is 5.62 Å². The van der Waals surface area contributed by atoms with E-state index in [4.69, 9.17) is 5.41 Å². The van der Waals surface area contributed by atoms with E-state index in [1.54, 1.807) is 0 Å². The van der Waals surface area contributed by atoms with E-state index in [-0.39, 0.29) is 22.4 Å². The number of benzene rings is 1. The minimum atomic E-state index is -0.0986. The van der Waals surface area contributed by atoms with Gasteiger partial charge in [0, 0.05) is 18.5 Å². The van der Waals surface area contributed by atoms with E-state index in [9.17, 15) is 4.79 Å². The molecule has 0 spiro atoms. The molecule has 4 aliphatic carbocycles. The number of likely N-dealkylation sites (N-methyl/N-ethyl adjacent to an activating group) is 1. The van der Waals surface area contributed by atoms with E-state index in [1.807, 2.05) is 16.7 Å². The number of halogens is 1. The van der Waals surface area contributed by atoms with E-state index in [0.717, 1.165) is 74.2 Å². The number of nitrogens with one attached hydrogen (secondary N) is 1. The number of rotatable bonds is 8. The number of aromatic nitrogens is 2. The Balaban J connectivity index is 0.00000231. The molecule has 0 aliphatic heterocycles. The summed E-state index contributed by atoms with van der Waals surface area (Å²) in [4.78, 5) is 16.1. The highest BCUT2D eigenvalue weighted by atomic mass is 79.9. The first-order valence-corrected chi connectivity index (χ1v) is 12.0. The van der Waals surface area contributed by atoms with Crippen molar-refractivity contribution in [3.8, 4) is 0 Å². The molecule has 6 rings (SSSR count). The molecule has 6 heteroatoms. The fourth-order valence-electron chi connectivity index (χ4n) is 7.23. The molecule has 31 heavy (non-hydrogen) atoms. The summed E-state index contributed by atoms with van der Waals surface area (Å²) in [6, 6.07) is 8.25. The lowest BCUT2D eigenvalue weighted by molar-refractivity contribution is -0.144. The van der Waals surface area contributed by atoms with Crippen LogP contribution in [-0.2, 0) is 17.9 Å². The monoisotopic (exact) mass is 488 g/mol. The topological polar surface area (TPSA) is 54.0 Å². The molecule has 170 valence electrons. The van der Waals surface area contributed by atoms with Crippen molar-refractivity contribution in [3.05, 3.63) is 29.9 Å². The van der Waals surface area contributed by atoms with Gasteiger partial charge in [-0.25, -0.2) is 0 Å². The summed E-state index contributed by atoms with van der Waals surface area (Å²) in [6.07, 6.45) is 7.38. The van der Waals surface area contributed by atoms with Crippen molar-refractivity contribution in [2.75, 3.05) is 19.6 Å². The Labute approximate surface area is 196 Å². The van der Waals surface area contributed by atoms with E-state index in [0.29, 0.717) is 17.9 Å². The molecule has 4 bridgehead atoms. The number of nitrogens with zero attached hydrogens (tertiary/aromatic N) is 3. The summed E-state index contributed by atoms with van der Waals surface area (Å²) in [5.41, 5.74) is 2.48. The lowest BCUT2D eigenvalue weighted by atomic mass is 9.48. The van der Waals surface area contributed by atoms with Crippen LogP contribution >= 0.6 is 17.0 Å². The predicted molar refractivity (Wildman–Crippen MR) is 130 cm³/mol. The molecule has 4 saturated carbocycles. The lowest BCUT2D eigenvalue weighted by Crippen LogP contribution is -2.51. The summed E-state index contributed by atoms with van der Waals surface area (Å²) < 4.78 is 4.08. The molecule has 0 atom stereocenters. The van der Waals surface area contributed by atoms with Gasteiger partial charge in [-0.05, 0) is 81.5 Å². The van der Waals surface area contributed by atoms with Crippen LogP contribution in [0.25, 0.3) is 11.0 Å². The first-order valence-electron chi connectivity index (χ1n) is 12.0. The number of fused-ring (bicyclic) bond motifs is 1. The minimum absolute atomic E-state index is 0. The van der Waals surface area contributed by atoms with Crippen molar-refractivity contribution in [2.24, 2.45) is 23.2 Å². The Kier molecular flexibility index (Phi) is 6.51. The van der Waals surface area contributed by atoms with E-state index < -0.39 is 0 Å². The highest BCUT2D eigenvalue weighted by Crippen LogP contribution is 2.60. The van der Waals surface area contributed by atoms with Crippen LogP contribution in [0.5, 0.6) is 0 Å². The third kappa shape index (κ3) is 3.95. The van der Waals surface area contributed by atoms with Crippen LogP contribution in [0.2, 0.25) is 0 Å². The smallest absolute Gasteiger partial charge is 0.203 e. The summed E-state index contributed by atoms with van der Waals surface area (Å²) in [6.45, 7) is 8.50. The van der Waals surface area contributed by atoms with Gasteiger partial charge in [-0.2, -0.15) is 0 Å². The summed E-state index contributed by atoms with van der Waals surface area (Å²) in [7, 11) is 0. The van der Waals surface area contributed by atoms with Crippen LogP contribution in [0, 0.1) is 28.6 Å². The van der Waals surface area contributed by atoms with Gasteiger partial charge in [0.2, 0.25) is 5.62 Å². The summed E-state index contributed by atoms with van der Waals surface area (Å²) in [5, 5.41) is 8.92. The highest BCUT2D eigenvalue weighted by Gasteiger charge is 2.54. The molecule has 4 aliphatic rings. The van der Waals surface area contributed by atoms with Crippen molar-refractivity contribution >= 4 is 33.8 Å². The Morgan fingerprint density at radius 1 is 1.00 bits per heavy atom. The van der Waals surface area contributed by atoms with Gasteiger partial charge >= 0.3 is 0 Å². The largest absolute Gasteiger partial charge is 0.309 e. The zero-order chi connectivity index (χ0) is 20.9. The standard InChI is InChI=1S/C25H36N4O.BrH/c1-3-27(4-2)9-10-28-21-7-5-6-8-22(21)29(24(28)26)17-23(30)25-14-18-11-19(15-25)13-20(12-18)16-25;/h5-8,18-20,26H,3-4,9-17H2,1-2H3;1H. The predicted octanol–water partition coefficient (Wildman–Crippen LogP) is 4.63. The second-order valence-corrected chi connectivity index (χ2v) is 10.2. The molecule has 5 nitrogen and oxygen atoms in total. The second kappa shape index (κ2) is 8.86. The van der Waals surface area contributed by atoms with Gasteiger partial charge in [0.05, 0.1) is 17.6 Å². The van der Waals surface area contributed by atoms with Gasteiger partial charge in [0.15, 0.2) is 5.78 Å². The molecular weight excluding hydrogens is 452 g/mol. The van der Waals surface area contributed by atoms with Crippen molar-refractivity contribution in [2.45, 2.75) is 65.5 Å². The minimum Gasteiger partial charge on any atom is -0.309 e. The summed E-state index contributed by atoms with van der Waals surface area (Å²) in [5.74, 6) is 2.72. The quantitative estimate of drug-likeness (QED) is 0.588. The van der Waals surface area contributed by atoms with Crippen molar-refractivity contribution < 1.29 is 4.79 Å². The fourth-order valence-corrected chi connectivity index (χ4v) is 7.23. The highest BCUT2D eigenvalue weighted by molar-refractivity contribution is 8.93. The zero-order valence-corrected chi connectivity index (χ0v) is 20.7. The Morgan fingerprint density at radius 2 is 1.52 bits per heavy atom. The number of hydrogen-bond acceptors (Lipinski definition) is 3. The molecule has 1 aromatic carbocycles. The Morgan fingerprint density at radius 3 is 2.03 bits per heavy atom. The van der Waals surface area contributed by atoms with Gasteiger partial charge in [0.1, 0.15) is 0 Å². The first kappa shape index (κ1) is 22.8. The van der Waals surface area contributed by atoms with Crippen LogP contribution in [0.15, 0.2) is 24.3 Å². The maximum Gasteiger partial charge on any atom is 0.203 e. The van der Waals surface area contributed by atoms with Crippen molar-refractivity contribution in [1.82, 2.24) is 14.0 Å². The maximum absolute atomic E-state index is 13.7. The maximum atomic E-state index is 13.7. The SMILES string of the molecule is Br.CCN(CC)CCn1c(=N)n(CC(=O)C23CC4CC(CC(C4)C2)C3)c2ccccc21. The van der Waals surface area contributed by atoms with E-state index in [1.165, 1.54) is 19.3 Å². The number of carbonyl (C=O) groups excluding carboxylic acids is 1. The molecule has 1 aromatic heterocycles. The third-order valence-electron chi connectivity index (χ3n) is 8.44. The van der Waals surface area contributed by atoms with Crippen molar-refractivity contribution in [3.63, 3.8) is 0 Å². The number of ketones is 1. The number of imidazole rings is 1. The van der Waals surface area contributed by atoms with Crippen LogP contribution in [0.1, 0.15) is 52.4 Å². The molecule has 0 unspecified atom stereocenters. The molecule has 1 heterocycles. The van der Waals surface area contributed by atoms with E-state index >= 15 is 0 Å². The lowest BCUT2D eigenvalue weighted by Gasteiger charge is -2.56. The van der Waals surface area contributed by atoms with Gasteiger partial charge < -0.3 is 14.0 Å². The second-order valence-electron chi connectivity index (χ2n) is 10.2. The molecule has 2 aromatic rings. The van der Waals surface area contributed by atoms with Gasteiger partial charge in [0.25, 0.3) is 0 Å². The number of carbonyl (C=O) groups is 1. The third-order valence-corrected chi connectivity index (χ3v) is 8.44. The molecule has 0 radical (unpaired) electrons. The van der Waals surface area contributed by atoms with Gasteiger partial charge in [-0.1, -0.05) is 26.0 Å². The number of Topliss-reactive ketones (excluding diaryl/α,β-unsaturated/α-hetero) is 1. The molecule has 1 N–H and O–H groups in total. The Bertz CT molecular complexity index is 967. The number of hydrogen-bond donors (Lipinski definition) is 1. The van der Waals surface area contributed by atoms with Gasteiger partial charge in [-0.15, -0.1) is 17.0 Å². The summed E-state index contributed by atoms with van der Waals surface area (Å²) >= 11 is 0. The van der Waals surface area contributed by atoms with Crippen LogP contribution in [-0.4, -0.2) is 39.5 Å². The normalized spacial score (nSPS) is 28.9. The first-order chi connectivity index (χ1) is 14.5. The van der Waals surface area contributed by atoms with Crippen molar-refractivity contribution in [1.29, 1.82) is 5.41 Å². The average molecular weight is 490 g/mol. The Hall–Kier alpha value is -1.40. The molecule has 4 fully saturated rings. The fraction of sp³-hybridized carbons (Fsp3) is 0.680. The molecule has 0 saturated heterocycles. The van der Waals surface area contributed by atoms with Crippen LogP contribution in [0.4, 0.5) is 0 Å².